The Morgan fingerprint density at radius 1 is 0.929 bits per heavy atom. The number of methoxy groups -OCH3 is 1. The van der Waals surface area contributed by atoms with Gasteiger partial charge in [0.2, 0.25) is 5.95 Å². The van der Waals surface area contributed by atoms with E-state index in [-0.39, 0.29) is 0 Å². The van der Waals surface area contributed by atoms with E-state index >= 15 is 0 Å². The molecule has 2 N–H and O–H groups in total. The molecule has 4 aromatic rings. The summed E-state index contributed by atoms with van der Waals surface area (Å²) in [4.78, 5) is 13.2. The number of hydrogen-bond acceptors (Lipinski definition) is 6. The zero-order chi connectivity index (χ0) is 19.2. The smallest absolute Gasteiger partial charge is 0.229 e. The maximum absolute atomic E-state index is 5.19. The fourth-order valence-corrected chi connectivity index (χ4v) is 2.93. The highest BCUT2D eigenvalue weighted by Gasteiger charge is 2.02. The summed E-state index contributed by atoms with van der Waals surface area (Å²) in [7, 11) is 1.67. The van der Waals surface area contributed by atoms with Gasteiger partial charge in [-0.2, -0.15) is 4.98 Å². The fourth-order valence-electron chi connectivity index (χ4n) is 2.93. The minimum absolute atomic E-state index is 0.553. The van der Waals surface area contributed by atoms with Gasteiger partial charge in [0.25, 0.3) is 0 Å². The number of fused-ring (bicyclic) bond motifs is 1. The number of pyridine rings is 1. The van der Waals surface area contributed by atoms with Crippen molar-refractivity contribution in [2.45, 2.75) is 6.42 Å². The monoisotopic (exact) mass is 371 g/mol. The van der Waals surface area contributed by atoms with Gasteiger partial charge in [0, 0.05) is 30.0 Å². The number of aromatic nitrogens is 3. The highest BCUT2D eigenvalue weighted by atomic mass is 16.5. The predicted molar refractivity (Wildman–Crippen MR) is 112 cm³/mol. The summed E-state index contributed by atoms with van der Waals surface area (Å²) in [5.74, 6) is 2.21. The SMILES string of the molecule is COc1ccc(CCNc2ccnc(Nc3ccc4ncccc4c3)n2)cc1. The molecule has 0 bridgehead atoms. The Bertz CT molecular complexity index is 1070. The molecule has 0 radical (unpaired) electrons. The fraction of sp³-hybridized carbons (Fsp3) is 0.136. The normalized spacial score (nSPS) is 10.6. The third-order valence-corrected chi connectivity index (χ3v) is 4.39. The number of benzene rings is 2. The maximum Gasteiger partial charge on any atom is 0.229 e. The molecule has 0 fully saturated rings. The summed E-state index contributed by atoms with van der Waals surface area (Å²) < 4.78 is 5.19. The number of nitrogens with one attached hydrogen (secondary N) is 2. The highest BCUT2D eigenvalue weighted by Crippen LogP contribution is 2.20. The zero-order valence-electron chi connectivity index (χ0n) is 15.6. The van der Waals surface area contributed by atoms with Gasteiger partial charge < -0.3 is 15.4 Å². The van der Waals surface area contributed by atoms with Crippen LogP contribution in [0, 0.1) is 0 Å². The molecule has 0 unspecified atom stereocenters. The topological polar surface area (TPSA) is 72.0 Å². The summed E-state index contributed by atoms with van der Waals surface area (Å²) in [6.07, 6.45) is 4.43. The van der Waals surface area contributed by atoms with Gasteiger partial charge >= 0.3 is 0 Å². The van der Waals surface area contributed by atoms with Crippen LogP contribution in [0.2, 0.25) is 0 Å². The van der Waals surface area contributed by atoms with Crippen molar-refractivity contribution in [2.24, 2.45) is 0 Å². The van der Waals surface area contributed by atoms with E-state index in [1.165, 1.54) is 5.56 Å². The summed E-state index contributed by atoms with van der Waals surface area (Å²) in [5.41, 5.74) is 3.13. The summed E-state index contributed by atoms with van der Waals surface area (Å²) in [6.45, 7) is 0.782. The van der Waals surface area contributed by atoms with E-state index in [0.29, 0.717) is 5.95 Å². The molecular formula is C22H21N5O. The Kier molecular flexibility index (Phi) is 5.29. The zero-order valence-corrected chi connectivity index (χ0v) is 15.6. The Balaban J connectivity index is 1.37. The average Bonchev–Trinajstić information content (AvgIpc) is 2.74. The second-order valence-corrected chi connectivity index (χ2v) is 6.33. The van der Waals surface area contributed by atoms with Crippen molar-refractivity contribution in [3.05, 3.63) is 78.6 Å². The molecule has 0 aliphatic heterocycles. The van der Waals surface area contributed by atoms with Gasteiger partial charge in [-0.3, -0.25) is 4.98 Å². The quantitative estimate of drug-likeness (QED) is 0.501. The van der Waals surface area contributed by atoms with Crippen LogP contribution in [-0.4, -0.2) is 28.6 Å². The van der Waals surface area contributed by atoms with Crippen LogP contribution in [0.5, 0.6) is 5.75 Å². The van der Waals surface area contributed by atoms with E-state index in [2.05, 4.69) is 37.7 Å². The first-order valence-corrected chi connectivity index (χ1v) is 9.12. The van der Waals surface area contributed by atoms with Gasteiger partial charge in [-0.1, -0.05) is 18.2 Å². The first-order valence-electron chi connectivity index (χ1n) is 9.12. The molecule has 2 heterocycles. The summed E-state index contributed by atoms with van der Waals surface area (Å²) in [6, 6.07) is 19.9. The number of nitrogens with zero attached hydrogens (tertiary/aromatic N) is 3. The van der Waals surface area contributed by atoms with Crippen molar-refractivity contribution in [2.75, 3.05) is 24.3 Å². The Hall–Kier alpha value is -3.67. The van der Waals surface area contributed by atoms with Crippen molar-refractivity contribution in [1.29, 1.82) is 0 Å². The van der Waals surface area contributed by atoms with Crippen LogP contribution in [0.4, 0.5) is 17.5 Å². The van der Waals surface area contributed by atoms with E-state index < -0.39 is 0 Å². The van der Waals surface area contributed by atoms with Gasteiger partial charge in [-0.05, 0) is 54.4 Å². The maximum atomic E-state index is 5.19. The molecule has 0 atom stereocenters. The molecule has 0 spiro atoms. The molecular weight excluding hydrogens is 350 g/mol. The van der Waals surface area contributed by atoms with E-state index in [9.17, 15) is 0 Å². The van der Waals surface area contributed by atoms with Crippen LogP contribution in [0.15, 0.2) is 73.1 Å². The number of rotatable bonds is 7. The molecule has 2 aromatic carbocycles. The molecule has 0 saturated carbocycles. The molecule has 2 aromatic heterocycles. The lowest BCUT2D eigenvalue weighted by atomic mass is 10.1. The second-order valence-electron chi connectivity index (χ2n) is 6.33. The summed E-state index contributed by atoms with van der Waals surface area (Å²) in [5, 5.41) is 7.67. The molecule has 6 heteroatoms. The lowest BCUT2D eigenvalue weighted by Crippen LogP contribution is -2.07. The largest absolute Gasteiger partial charge is 0.497 e. The predicted octanol–water partition coefficient (Wildman–Crippen LogP) is 4.43. The van der Waals surface area contributed by atoms with Crippen molar-refractivity contribution < 1.29 is 4.74 Å². The Morgan fingerprint density at radius 2 is 1.82 bits per heavy atom. The second kappa shape index (κ2) is 8.35. The molecule has 6 nitrogen and oxygen atoms in total. The van der Waals surface area contributed by atoms with Crippen LogP contribution in [0.25, 0.3) is 10.9 Å². The van der Waals surface area contributed by atoms with Crippen LogP contribution in [0.3, 0.4) is 0 Å². The molecule has 140 valence electrons. The third kappa shape index (κ3) is 4.35. The van der Waals surface area contributed by atoms with Crippen molar-refractivity contribution in [1.82, 2.24) is 15.0 Å². The van der Waals surface area contributed by atoms with E-state index in [4.69, 9.17) is 4.74 Å². The molecule has 0 amide bonds. The van der Waals surface area contributed by atoms with Gasteiger partial charge in [-0.25, -0.2) is 4.98 Å². The van der Waals surface area contributed by atoms with Crippen molar-refractivity contribution in [3.8, 4) is 5.75 Å². The average molecular weight is 371 g/mol. The molecule has 4 rings (SSSR count). The Morgan fingerprint density at radius 3 is 2.68 bits per heavy atom. The van der Waals surface area contributed by atoms with Crippen LogP contribution in [-0.2, 0) is 6.42 Å². The third-order valence-electron chi connectivity index (χ3n) is 4.39. The highest BCUT2D eigenvalue weighted by molar-refractivity contribution is 5.82. The van der Waals surface area contributed by atoms with Crippen LogP contribution in [0.1, 0.15) is 5.56 Å². The van der Waals surface area contributed by atoms with Crippen LogP contribution < -0.4 is 15.4 Å². The van der Waals surface area contributed by atoms with Gasteiger partial charge in [0.1, 0.15) is 11.6 Å². The van der Waals surface area contributed by atoms with E-state index in [1.54, 1.807) is 19.5 Å². The van der Waals surface area contributed by atoms with Crippen LogP contribution >= 0.6 is 0 Å². The number of hydrogen-bond donors (Lipinski definition) is 2. The van der Waals surface area contributed by atoms with Gasteiger partial charge in [-0.15, -0.1) is 0 Å². The molecule has 28 heavy (non-hydrogen) atoms. The van der Waals surface area contributed by atoms with Crippen molar-refractivity contribution >= 4 is 28.4 Å². The number of anilines is 3. The Labute approximate surface area is 163 Å². The minimum Gasteiger partial charge on any atom is -0.497 e. The van der Waals surface area contributed by atoms with E-state index in [0.717, 1.165) is 41.1 Å². The van der Waals surface area contributed by atoms with Crippen molar-refractivity contribution in [3.63, 3.8) is 0 Å². The molecule has 0 aliphatic rings. The summed E-state index contributed by atoms with van der Waals surface area (Å²) >= 11 is 0. The first kappa shape index (κ1) is 17.7. The first-order chi connectivity index (χ1) is 13.8. The lowest BCUT2D eigenvalue weighted by Gasteiger charge is -2.09. The van der Waals surface area contributed by atoms with Gasteiger partial charge in [0.15, 0.2) is 0 Å². The lowest BCUT2D eigenvalue weighted by molar-refractivity contribution is 0.414. The number of ether oxygens (including phenoxy) is 1. The van der Waals surface area contributed by atoms with Gasteiger partial charge in [0.05, 0.1) is 12.6 Å². The molecule has 0 aliphatic carbocycles. The standard InChI is InChI=1S/C22H21N5O/c1-28-19-7-4-16(5-8-19)10-13-24-21-11-14-25-22(27-21)26-18-6-9-20-17(15-18)3-2-12-23-20/h2-9,11-12,14-15H,10,13H2,1H3,(H2,24,25,26,27). The molecule has 0 saturated heterocycles. The minimum atomic E-state index is 0.553. The van der Waals surface area contributed by atoms with E-state index in [1.807, 2.05) is 48.5 Å².